The summed E-state index contributed by atoms with van der Waals surface area (Å²) in [4.78, 5) is 12.3. The van der Waals surface area contributed by atoms with Gasteiger partial charge in [-0.1, -0.05) is 30.0 Å². The van der Waals surface area contributed by atoms with Crippen LogP contribution < -0.4 is 10.1 Å². The number of nitrogens with zero attached hydrogens (tertiary/aromatic N) is 3. The van der Waals surface area contributed by atoms with Crippen LogP contribution in [0.1, 0.15) is 24.4 Å². The lowest BCUT2D eigenvalue weighted by atomic mass is 10.2. The normalized spacial score (nSPS) is 11.7. The second kappa shape index (κ2) is 10.1. The summed E-state index contributed by atoms with van der Waals surface area (Å²) in [7, 11) is 0. The molecule has 1 heterocycles. The highest BCUT2D eigenvalue weighted by Crippen LogP contribution is 2.25. The number of nitrogens with one attached hydrogen (secondary N) is 1. The number of rotatable bonds is 9. The largest absolute Gasteiger partial charge is 0.483 e. The van der Waals surface area contributed by atoms with Crippen LogP contribution in [0.25, 0.3) is 0 Å². The van der Waals surface area contributed by atoms with Gasteiger partial charge in [0.15, 0.2) is 17.1 Å². The molecular formula is C22H23FN4O2S. The maximum absolute atomic E-state index is 13.1. The van der Waals surface area contributed by atoms with E-state index in [4.69, 9.17) is 4.74 Å². The third-order valence-electron chi connectivity index (χ3n) is 4.18. The van der Waals surface area contributed by atoms with Gasteiger partial charge in [0.05, 0.1) is 5.75 Å². The van der Waals surface area contributed by atoms with Crippen LogP contribution in [0.4, 0.5) is 10.1 Å². The molecule has 0 fully saturated rings. The van der Waals surface area contributed by atoms with Crippen LogP contribution in [0.15, 0.2) is 66.3 Å². The second-order valence-electron chi connectivity index (χ2n) is 6.66. The maximum atomic E-state index is 13.1. The first-order chi connectivity index (χ1) is 14.5. The minimum Gasteiger partial charge on any atom is -0.483 e. The van der Waals surface area contributed by atoms with Crippen molar-refractivity contribution in [2.75, 3.05) is 11.1 Å². The highest BCUT2D eigenvalue weighted by atomic mass is 32.2. The predicted molar refractivity (Wildman–Crippen MR) is 116 cm³/mol. The molecule has 0 aliphatic rings. The molecule has 1 aromatic heterocycles. The Morgan fingerprint density at radius 1 is 1.30 bits per heavy atom. The quantitative estimate of drug-likeness (QED) is 0.394. The third-order valence-corrected chi connectivity index (χ3v) is 5.15. The first kappa shape index (κ1) is 21.6. The molecule has 0 radical (unpaired) electrons. The molecule has 2 aromatic carbocycles. The van der Waals surface area contributed by atoms with Crippen molar-refractivity contribution in [2.45, 2.75) is 31.7 Å². The fourth-order valence-electron chi connectivity index (χ4n) is 2.83. The van der Waals surface area contributed by atoms with Crippen molar-refractivity contribution in [3.8, 4) is 5.75 Å². The Kier molecular flexibility index (Phi) is 7.24. The topological polar surface area (TPSA) is 69.0 Å². The average molecular weight is 427 g/mol. The number of ether oxygens (including phenoxy) is 1. The highest BCUT2D eigenvalue weighted by molar-refractivity contribution is 7.99. The van der Waals surface area contributed by atoms with Crippen LogP contribution in [0.5, 0.6) is 5.75 Å². The molecule has 1 amide bonds. The Balaban J connectivity index is 1.66. The molecule has 0 saturated heterocycles. The molecule has 0 spiro atoms. The number of thioether (sulfide) groups is 1. The van der Waals surface area contributed by atoms with Gasteiger partial charge < -0.3 is 10.1 Å². The van der Waals surface area contributed by atoms with Crippen molar-refractivity contribution in [3.63, 3.8) is 0 Å². The van der Waals surface area contributed by atoms with Gasteiger partial charge in [-0.05, 0) is 55.8 Å². The van der Waals surface area contributed by atoms with E-state index in [2.05, 4.69) is 22.1 Å². The number of benzene rings is 2. The van der Waals surface area contributed by atoms with Gasteiger partial charge >= 0.3 is 0 Å². The first-order valence-corrected chi connectivity index (χ1v) is 10.4. The number of anilines is 1. The SMILES string of the molecule is C=CCn1c(SCC(=O)Nc2cccc(C)c2)nnc1C(C)Oc1ccc(F)cc1. The van der Waals surface area contributed by atoms with Crippen molar-refractivity contribution in [3.05, 3.63) is 78.4 Å². The Labute approximate surface area is 179 Å². The van der Waals surface area contributed by atoms with E-state index in [0.29, 0.717) is 23.3 Å². The zero-order valence-corrected chi connectivity index (χ0v) is 17.7. The number of allylic oxidation sites excluding steroid dienone is 1. The number of aryl methyl sites for hydroxylation is 1. The summed E-state index contributed by atoms with van der Waals surface area (Å²) in [5, 5.41) is 11.9. The van der Waals surface area contributed by atoms with Gasteiger partial charge in [0.1, 0.15) is 11.6 Å². The zero-order chi connectivity index (χ0) is 21.5. The molecule has 1 N–H and O–H groups in total. The average Bonchev–Trinajstić information content (AvgIpc) is 3.11. The molecular weight excluding hydrogens is 403 g/mol. The van der Waals surface area contributed by atoms with E-state index < -0.39 is 6.10 Å². The molecule has 0 bridgehead atoms. The van der Waals surface area contributed by atoms with Gasteiger partial charge in [-0.25, -0.2) is 4.39 Å². The third kappa shape index (κ3) is 5.70. The van der Waals surface area contributed by atoms with Crippen molar-refractivity contribution >= 4 is 23.4 Å². The van der Waals surface area contributed by atoms with Crippen LogP contribution in [0.3, 0.4) is 0 Å². The summed E-state index contributed by atoms with van der Waals surface area (Å²) in [6, 6.07) is 13.4. The van der Waals surface area contributed by atoms with Crippen LogP contribution in [-0.2, 0) is 11.3 Å². The minimum absolute atomic E-state index is 0.129. The molecule has 3 rings (SSSR count). The molecule has 30 heavy (non-hydrogen) atoms. The molecule has 6 nitrogen and oxygen atoms in total. The van der Waals surface area contributed by atoms with Crippen molar-refractivity contribution in [1.82, 2.24) is 14.8 Å². The summed E-state index contributed by atoms with van der Waals surface area (Å²) < 4.78 is 20.8. The lowest BCUT2D eigenvalue weighted by Crippen LogP contribution is -2.15. The Bertz CT molecular complexity index is 1020. The van der Waals surface area contributed by atoms with Crippen molar-refractivity contribution in [1.29, 1.82) is 0 Å². The molecule has 0 aliphatic heterocycles. The Hall–Kier alpha value is -3.13. The first-order valence-electron chi connectivity index (χ1n) is 9.42. The Morgan fingerprint density at radius 3 is 2.77 bits per heavy atom. The number of halogens is 1. The van der Waals surface area contributed by atoms with E-state index in [1.807, 2.05) is 42.7 Å². The number of hydrogen-bond acceptors (Lipinski definition) is 5. The predicted octanol–water partition coefficient (Wildman–Crippen LogP) is 4.78. The lowest BCUT2D eigenvalue weighted by molar-refractivity contribution is -0.113. The van der Waals surface area contributed by atoms with Crippen LogP contribution in [-0.4, -0.2) is 26.4 Å². The lowest BCUT2D eigenvalue weighted by Gasteiger charge is -2.15. The van der Waals surface area contributed by atoms with Gasteiger partial charge in [0.25, 0.3) is 0 Å². The monoisotopic (exact) mass is 426 g/mol. The van der Waals surface area contributed by atoms with Gasteiger partial charge in [-0.2, -0.15) is 0 Å². The Morgan fingerprint density at radius 2 is 2.07 bits per heavy atom. The van der Waals surface area contributed by atoms with Crippen LogP contribution >= 0.6 is 11.8 Å². The van der Waals surface area contributed by atoms with Gasteiger partial charge in [-0.15, -0.1) is 16.8 Å². The molecule has 0 saturated carbocycles. The standard InChI is InChI=1S/C22H23FN4O2S/c1-4-12-27-21(16(3)29-19-10-8-17(23)9-11-19)25-26-22(27)30-14-20(28)24-18-7-5-6-15(2)13-18/h4-11,13,16H,1,12,14H2,2-3H3,(H,24,28). The molecule has 1 unspecified atom stereocenters. The maximum Gasteiger partial charge on any atom is 0.234 e. The summed E-state index contributed by atoms with van der Waals surface area (Å²) >= 11 is 1.29. The van der Waals surface area contributed by atoms with Crippen molar-refractivity contribution in [2.24, 2.45) is 0 Å². The van der Waals surface area contributed by atoms with Gasteiger partial charge in [0.2, 0.25) is 5.91 Å². The van der Waals surface area contributed by atoms with E-state index in [1.54, 1.807) is 18.2 Å². The summed E-state index contributed by atoms with van der Waals surface area (Å²) in [6.07, 6.45) is 1.31. The van der Waals surface area contributed by atoms with E-state index in [1.165, 1.54) is 23.9 Å². The number of hydrogen-bond donors (Lipinski definition) is 1. The van der Waals surface area contributed by atoms with Crippen molar-refractivity contribution < 1.29 is 13.9 Å². The number of carbonyl (C=O) groups excluding carboxylic acids is 1. The molecule has 8 heteroatoms. The summed E-state index contributed by atoms with van der Waals surface area (Å²) in [6.45, 7) is 8.07. The van der Waals surface area contributed by atoms with E-state index in [0.717, 1.165) is 11.3 Å². The van der Waals surface area contributed by atoms with Crippen LogP contribution in [0, 0.1) is 12.7 Å². The molecule has 3 aromatic rings. The van der Waals surface area contributed by atoms with Crippen LogP contribution in [0.2, 0.25) is 0 Å². The number of aromatic nitrogens is 3. The fraction of sp³-hybridized carbons (Fsp3) is 0.227. The summed E-state index contributed by atoms with van der Waals surface area (Å²) in [5.74, 6) is 0.865. The number of amides is 1. The number of carbonyl (C=O) groups is 1. The fourth-order valence-corrected chi connectivity index (χ4v) is 3.58. The molecule has 156 valence electrons. The minimum atomic E-state index is -0.418. The zero-order valence-electron chi connectivity index (χ0n) is 16.8. The summed E-state index contributed by atoms with van der Waals surface area (Å²) in [5.41, 5.74) is 1.83. The smallest absolute Gasteiger partial charge is 0.234 e. The van der Waals surface area contributed by atoms with Gasteiger partial charge in [-0.3, -0.25) is 9.36 Å². The molecule has 1 atom stereocenters. The van der Waals surface area contributed by atoms with Gasteiger partial charge in [0, 0.05) is 12.2 Å². The molecule has 0 aliphatic carbocycles. The highest BCUT2D eigenvalue weighted by Gasteiger charge is 2.20. The second-order valence-corrected chi connectivity index (χ2v) is 7.60. The van der Waals surface area contributed by atoms with E-state index in [9.17, 15) is 9.18 Å². The van der Waals surface area contributed by atoms with E-state index in [-0.39, 0.29) is 17.5 Å². The van der Waals surface area contributed by atoms with E-state index >= 15 is 0 Å².